The molecule has 2 N–H and O–H groups in total. The van der Waals surface area contributed by atoms with Gasteiger partial charge in [0.2, 0.25) is 0 Å². The van der Waals surface area contributed by atoms with Crippen LogP contribution in [0.3, 0.4) is 0 Å². The van der Waals surface area contributed by atoms with Crippen molar-refractivity contribution in [3.63, 3.8) is 0 Å². The molecule has 1 aliphatic heterocycles. The predicted octanol–water partition coefficient (Wildman–Crippen LogP) is 2.75. The summed E-state index contributed by atoms with van der Waals surface area (Å²) in [5.41, 5.74) is 3.55. The van der Waals surface area contributed by atoms with Gasteiger partial charge in [-0.05, 0) is 29.2 Å². The second kappa shape index (κ2) is 7.82. The van der Waals surface area contributed by atoms with Crippen molar-refractivity contribution in [2.24, 2.45) is 5.92 Å². The largest absolute Gasteiger partial charge is 0.396 e. The molecular weight excluding hydrogens is 314 g/mol. The van der Waals surface area contributed by atoms with Crippen LogP contribution < -0.4 is 5.32 Å². The van der Waals surface area contributed by atoms with E-state index in [0.717, 1.165) is 23.1 Å². The maximum absolute atomic E-state index is 12.1. The van der Waals surface area contributed by atoms with Crippen LogP contribution in [0.4, 0.5) is 4.79 Å². The van der Waals surface area contributed by atoms with Crippen LogP contribution in [-0.2, 0) is 6.54 Å². The van der Waals surface area contributed by atoms with Gasteiger partial charge in [-0.2, -0.15) is 5.26 Å². The fraction of sp³-hybridized carbons (Fsp3) is 0.300. The van der Waals surface area contributed by atoms with Crippen molar-refractivity contribution in [1.29, 1.82) is 5.26 Å². The number of urea groups is 1. The van der Waals surface area contributed by atoms with E-state index in [1.54, 1.807) is 11.0 Å². The van der Waals surface area contributed by atoms with Crippen LogP contribution in [0, 0.1) is 17.2 Å². The lowest BCUT2D eigenvalue weighted by Crippen LogP contribution is -2.38. The van der Waals surface area contributed by atoms with Crippen LogP contribution in [0.2, 0.25) is 0 Å². The van der Waals surface area contributed by atoms with E-state index >= 15 is 0 Å². The number of hydrogen-bond donors (Lipinski definition) is 2. The van der Waals surface area contributed by atoms with Crippen LogP contribution in [0.25, 0.3) is 11.1 Å². The molecule has 3 rings (SSSR count). The first-order chi connectivity index (χ1) is 12.2. The summed E-state index contributed by atoms with van der Waals surface area (Å²) in [6.45, 7) is 1.90. The van der Waals surface area contributed by atoms with E-state index in [9.17, 15) is 10.1 Å². The van der Waals surface area contributed by atoms with Gasteiger partial charge in [-0.15, -0.1) is 0 Å². The molecule has 1 saturated heterocycles. The molecule has 128 valence electrons. The van der Waals surface area contributed by atoms with Crippen molar-refractivity contribution in [2.75, 3.05) is 19.7 Å². The van der Waals surface area contributed by atoms with Gasteiger partial charge >= 0.3 is 6.03 Å². The van der Waals surface area contributed by atoms with Crippen molar-refractivity contribution in [2.45, 2.75) is 13.0 Å². The Morgan fingerprint density at radius 1 is 1.24 bits per heavy atom. The number of nitrogens with one attached hydrogen (secondary N) is 1. The second-order valence-corrected chi connectivity index (χ2v) is 6.30. The SMILES string of the molecule is N#Cc1ccccc1-c1ccc(CNC(=O)N2CCC(CO)C2)cc1. The molecule has 0 spiro atoms. The zero-order valence-electron chi connectivity index (χ0n) is 14.0. The van der Waals surface area contributed by atoms with Crippen molar-refractivity contribution < 1.29 is 9.90 Å². The summed E-state index contributed by atoms with van der Waals surface area (Å²) in [6, 6.07) is 17.5. The normalized spacial score (nSPS) is 16.5. The minimum absolute atomic E-state index is 0.0881. The molecular formula is C20H21N3O2. The highest BCUT2D eigenvalue weighted by Gasteiger charge is 2.25. The third-order valence-electron chi connectivity index (χ3n) is 4.59. The van der Waals surface area contributed by atoms with Crippen molar-refractivity contribution in [1.82, 2.24) is 10.2 Å². The number of likely N-dealkylation sites (tertiary alicyclic amines) is 1. The topological polar surface area (TPSA) is 76.4 Å². The molecule has 5 heteroatoms. The number of aliphatic hydroxyl groups is 1. The fourth-order valence-electron chi connectivity index (χ4n) is 3.09. The van der Waals surface area contributed by atoms with Gasteiger partial charge in [0.15, 0.2) is 0 Å². The number of rotatable bonds is 4. The average molecular weight is 335 g/mol. The number of aliphatic hydroxyl groups excluding tert-OH is 1. The maximum atomic E-state index is 12.1. The van der Waals surface area contributed by atoms with Gasteiger partial charge in [-0.3, -0.25) is 0 Å². The van der Waals surface area contributed by atoms with Gasteiger partial charge in [0.25, 0.3) is 0 Å². The first-order valence-corrected chi connectivity index (χ1v) is 8.43. The Bertz CT molecular complexity index is 780. The lowest BCUT2D eigenvalue weighted by atomic mass is 9.99. The summed E-state index contributed by atoms with van der Waals surface area (Å²) < 4.78 is 0. The number of nitriles is 1. The third-order valence-corrected chi connectivity index (χ3v) is 4.59. The Hall–Kier alpha value is -2.84. The summed E-state index contributed by atoms with van der Waals surface area (Å²) in [5, 5.41) is 21.3. The first-order valence-electron chi connectivity index (χ1n) is 8.43. The highest BCUT2D eigenvalue weighted by atomic mass is 16.3. The van der Waals surface area contributed by atoms with E-state index in [1.807, 2.05) is 42.5 Å². The molecule has 5 nitrogen and oxygen atoms in total. The van der Waals surface area contributed by atoms with Crippen LogP contribution in [0.1, 0.15) is 17.5 Å². The highest BCUT2D eigenvalue weighted by Crippen LogP contribution is 2.23. The van der Waals surface area contributed by atoms with E-state index in [2.05, 4.69) is 11.4 Å². The van der Waals surface area contributed by atoms with Gasteiger partial charge in [0.1, 0.15) is 0 Å². The molecule has 0 saturated carbocycles. The smallest absolute Gasteiger partial charge is 0.317 e. The molecule has 0 aliphatic carbocycles. The molecule has 2 amide bonds. The van der Waals surface area contributed by atoms with E-state index in [4.69, 9.17) is 5.11 Å². The molecule has 1 heterocycles. The standard InChI is InChI=1S/C20H21N3O2/c21-11-18-3-1-2-4-19(18)17-7-5-15(6-8-17)12-22-20(25)23-10-9-16(13-23)14-24/h1-8,16,24H,9-10,12-14H2,(H,22,25). The Morgan fingerprint density at radius 2 is 2.00 bits per heavy atom. The van der Waals surface area contributed by atoms with Crippen molar-refractivity contribution >= 4 is 6.03 Å². The number of carbonyl (C=O) groups is 1. The maximum Gasteiger partial charge on any atom is 0.317 e. The fourth-order valence-corrected chi connectivity index (χ4v) is 3.09. The quantitative estimate of drug-likeness (QED) is 0.902. The summed E-state index contributed by atoms with van der Waals surface area (Å²) in [4.78, 5) is 13.9. The van der Waals surface area contributed by atoms with Gasteiger partial charge in [0, 0.05) is 32.2 Å². The zero-order chi connectivity index (χ0) is 17.6. The van der Waals surface area contributed by atoms with Crippen molar-refractivity contribution in [3.8, 4) is 17.2 Å². The molecule has 0 radical (unpaired) electrons. The monoisotopic (exact) mass is 335 g/mol. The second-order valence-electron chi connectivity index (χ2n) is 6.30. The minimum Gasteiger partial charge on any atom is -0.396 e. The number of benzene rings is 2. The minimum atomic E-state index is -0.0881. The van der Waals surface area contributed by atoms with Crippen LogP contribution >= 0.6 is 0 Å². The Balaban J connectivity index is 1.60. The third kappa shape index (κ3) is 3.98. The van der Waals surface area contributed by atoms with E-state index < -0.39 is 0 Å². The molecule has 1 aliphatic rings. The summed E-state index contributed by atoms with van der Waals surface area (Å²) >= 11 is 0. The average Bonchev–Trinajstić information content (AvgIpc) is 3.16. The van der Waals surface area contributed by atoms with Crippen LogP contribution in [0.5, 0.6) is 0 Å². The lowest BCUT2D eigenvalue weighted by molar-refractivity contribution is 0.198. The zero-order valence-corrected chi connectivity index (χ0v) is 14.0. The first kappa shape index (κ1) is 17.0. The predicted molar refractivity (Wildman–Crippen MR) is 95.6 cm³/mol. The van der Waals surface area contributed by atoms with E-state index in [-0.39, 0.29) is 18.6 Å². The van der Waals surface area contributed by atoms with E-state index in [1.165, 1.54) is 0 Å². The van der Waals surface area contributed by atoms with Gasteiger partial charge < -0.3 is 15.3 Å². The lowest BCUT2D eigenvalue weighted by Gasteiger charge is -2.17. The van der Waals surface area contributed by atoms with Crippen molar-refractivity contribution in [3.05, 3.63) is 59.7 Å². The molecule has 1 atom stereocenters. The Morgan fingerprint density at radius 3 is 2.68 bits per heavy atom. The Labute approximate surface area is 147 Å². The van der Waals surface area contributed by atoms with Gasteiger partial charge in [-0.25, -0.2) is 4.79 Å². The van der Waals surface area contributed by atoms with E-state index in [0.29, 0.717) is 25.2 Å². The highest BCUT2D eigenvalue weighted by molar-refractivity contribution is 5.74. The van der Waals surface area contributed by atoms with Gasteiger partial charge in [0.05, 0.1) is 11.6 Å². The summed E-state index contributed by atoms with van der Waals surface area (Å²) in [6.07, 6.45) is 0.858. The number of amides is 2. The molecule has 1 unspecified atom stereocenters. The number of carbonyl (C=O) groups excluding carboxylic acids is 1. The molecule has 1 fully saturated rings. The van der Waals surface area contributed by atoms with Crippen LogP contribution in [0.15, 0.2) is 48.5 Å². The Kier molecular flexibility index (Phi) is 5.32. The molecule has 2 aromatic rings. The summed E-state index contributed by atoms with van der Waals surface area (Å²) in [7, 11) is 0. The molecule has 2 aromatic carbocycles. The molecule has 0 aromatic heterocycles. The van der Waals surface area contributed by atoms with Gasteiger partial charge in [-0.1, -0.05) is 42.5 Å². The molecule has 25 heavy (non-hydrogen) atoms. The number of hydrogen-bond acceptors (Lipinski definition) is 3. The summed E-state index contributed by atoms with van der Waals surface area (Å²) in [5.74, 6) is 0.199. The molecule has 0 bridgehead atoms. The number of nitrogens with zero attached hydrogens (tertiary/aromatic N) is 2. The van der Waals surface area contributed by atoms with Crippen LogP contribution in [-0.4, -0.2) is 35.7 Å².